The molecular weight excluding hydrogens is 506 g/mol. The van der Waals surface area contributed by atoms with Gasteiger partial charge >= 0.3 is 5.97 Å². The lowest BCUT2D eigenvalue weighted by molar-refractivity contribution is -0.140. The summed E-state index contributed by atoms with van der Waals surface area (Å²) in [7, 11) is 1.62. The highest BCUT2D eigenvalue weighted by molar-refractivity contribution is 6.12. The number of ether oxygens (including phenoxy) is 3. The van der Waals surface area contributed by atoms with Gasteiger partial charge in [0.05, 0.1) is 25.2 Å². The molecule has 5 rings (SSSR count). The van der Waals surface area contributed by atoms with Crippen LogP contribution in [0.5, 0.6) is 17.2 Å². The molecule has 7 heteroatoms. The summed E-state index contributed by atoms with van der Waals surface area (Å²) in [6.45, 7) is 4.09. The van der Waals surface area contributed by atoms with Crippen molar-refractivity contribution < 1.29 is 28.9 Å². The summed E-state index contributed by atoms with van der Waals surface area (Å²) in [5.41, 5.74) is 4.25. The predicted molar refractivity (Wildman–Crippen MR) is 152 cm³/mol. The third kappa shape index (κ3) is 5.50. The van der Waals surface area contributed by atoms with E-state index < -0.39 is 17.8 Å². The number of aromatic hydroxyl groups is 1. The molecule has 0 saturated heterocycles. The number of nitrogens with zero attached hydrogens (tertiary/aromatic N) is 1. The van der Waals surface area contributed by atoms with E-state index in [9.17, 15) is 14.7 Å². The highest BCUT2D eigenvalue weighted by atomic mass is 16.5. The fraction of sp³-hybridized carbons (Fsp3) is 0.303. The molecule has 3 atom stereocenters. The lowest BCUT2D eigenvalue weighted by atomic mass is 9.66. The summed E-state index contributed by atoms with van der Waals surface area (Å²) >= 11 is 0. The molecule has 1 saturated carbocycles. The first-order valence-corrected chi connectivity index (χ1v) is 13.5. The molecule has 206 valence electrons. The fourth-order valence-corrected chi connectivity index (χ4v) is 5.71. The maximum atomic E-state index is 13.9. The standard InChI is InChI=1S/C33H33NO6/c1-4-39-29-18-23(12-15-27(29)35)31-30(33(37)40-19-21-8-6-5-7-9-21)20(2)34-26-16-24(17-28(36)32(26)31)22-10-13-25(38-3)14-11-22/h5-15,18,24,31-32,35H,4,16-17,19H2,1-3H3/t24-,31+,32?/m0/s1. The van der Waals surface area contributed by atoms with Gasteiger partial charge in [-0.15, -0.1) is 0 Å². The Morgan fingerprint density at radius 2 is 1.70 bits per heavy atom. The van der Waals surface area contributed by atoms with Crippen molar-refractivity contribution in [2.45, 2.75) is 45.1 Å². The fourth-order valence-electron chi connectivity index (χ4n) is 5.71. The number of fused-ring (bicyclic) bond motifs is 1. The van der Waals surface area contributed by atoms with Gasteiger partial charge in [-0.1, -0.05) is 48.5 Å². The summed E-state index contributed by atoms with van der Waals surface area (Å²) in [6, 6.07) is 22.2. The minimum Gasteiger partial charge on any atom is -0.504 e. The molecule has 0 amide bonds. The van der Waals surface area contributed by atoms with Gasteiger partial charge in [-0.2, -0.15) is 0 Å². The summed E-state index contributed by atoms with van der Waals surface area (Å²) in [6.07, 6.45) is 0.924. The molecule has 40 heavy (non-hydrogen) atoms. The molecule has 0 bridgehead atoms. The van der Waals surface area contributed by atoms with Crippen molar-refractivity contribution in [3.63, 3.8) is 0 Å². The summed E-state index contributed by atoms with van der Waals surface area (Å²) in [5, 5.41) is 10.4. The zero-order chi connectivity index (χ0) is 28.2. The Morgan fingerprint density at radius 1 is 0.975 bits per heavy atom. The average molecular weight is 540 g/mol. The molecule has 7 nitrogen and oxygen atoms in total. The van der Waals surface area contributed by atoms with Gasteiger partial charge in [0.15, 0.2) is 11.5 Å². The maximum Gasteiger partial charge on any atom is 0.336 e. The van der Waals surface area contributed by atoms with Crippen LogP contribution >= 0.6 is 0 Å². The van der Waals surface area contributed by atoms with Gasteiger partial charge in [-0.05, 0) is 67.1 Å². The molecule has 3 aromatic carbocycles. The van der Waals surface area contributed by atoms with Crippen LogP contribution in [0, 0.1) is 5.92 Å². The molecule has 0 radical (unpaired) electrons. The number of ketones is 1. The molecule has 1 unspecified atom stereocenters. The Morgan fingerprint density at radius 3 is 2.40 bits per heavy atom. The van der Waals surface area contributed by atoms with Gasteiger partial charge in [-0.3, -0.25) is 9.79 Å². The Kier molecular flexibility index (Phi) is 8.01. The summed E-state index contributed by atoms with van der Waals surface area (Å²) < 4.78 is 16.7. The molecule has 1 N–H and O–H groups in total. The van der Waals surface area contributed by atoms with Crippen molar-refractivity contribution in [1.82, 2.24) is 0 Å². The second-order valence-electron chi connectivity index (χ2n) is 10.1. The van der Waals surface area contributed by atoms with Crippen molar-refractivity contribution in [2.75, 3.05) is 13.7 Å². The van der Waals surface area contributed by atoms with E-state index in [0.29, 0.717) is 42.0 Å². The van der Waals surface area contributed by atoms with E-state index in [1.165, 1.54) is 0 Å². The average Bonchev–Trinajstić information content (AvgIpc) is 2.97. The van der Waals surface area contributed by atoms with Crippen LogP contribution in [-0.4, -0.2) is 36.3 Å². The van der Waals surface area contributed by atoms with E-state index in [1.807, 2.05) is 61.5 Å². The highest BCUT2D eigenvalue weighted by Crippen LogP contribution is 2.47. The van der Waals surface area contributed by atoms with Crippen LogP contribution in [0.4, 0.5) is 0 Å². The quantitative estimate of drug-likeness (QED) is 0.347. The second kappa shape index (κ2) is 11.8. The number of methoxy groups -OCH3 is 1. The topological polar surface area (TPSA) is 94.4 Å². The number of carbonyl (C=O) groups excluding carboxylic acids is 2. The van der Waals surface area contributed by atoms with Crippen LogP contribution in [0.25, 0.3) is 0 Å². The minimum absolute atomic E-state index is 0.00116. The van der Waals surface area contributed by atoms with Crippen LogP contribution in [0.1, 0.15) is 55.2 Å². The SMILES string of the molecule is CCOc1cc([C@@H]2C(C(=O)OCc3ccccc3)=C(C)N=C3C[C@H](c4ccc(OC)cc4)CC(=O)C32)ccc1O. The van der Waals surface area contributed by atoms with Crippen LogP contribution in [-0.2, 0) is 20.9 Å². The zero-order valence-electron chi connectivity index (χ0n) is 22.9. The number of Topliss-reactive ketones (excluding diaryl/α,β-unsaturated/α-hetero) is 1. The number of esters is 1. The van der Waals surface area contributed by atoms with Crippen LogP contribution in [0.3, 0.4) is 0 Å². The Labute approximate surface area is 234 Å². The third-order valence-electron chi connectivity index (χ3n) is 7.62. The molecule has 1 heterocycles. The number of benzene rings is 3. The van der Waals surface area contributed by atoms with Crippen LogP contribution in [0.2, 0.25) is 0 Å². The van der Waals surface area contributed by atoms with E-state index in [4.69, 9.17) is 19.2 Å². The third-order valence-corrected chi connectivity index (χ3v) is 7.62. The molecular formula is C33H33NO6. The molecule has 0 aromatic heterocycles. The van der Waals surface area contributed by atoms with Gasteiger partial charge in [-0.25, -0.2) is 4.79 Å². The zero-order valence-corrected chi connectivity index (χ0v) is 22.9. The van der Waals surface area contributed by atoms with E-state index in [-0.39, 0.29) is 24.1 Å². The first-order valence-electron chi connectivity index (χ1n) is 13.5. The predicted octanol–water partition coefficient (Wildman–Crippen LogP) is 6.12. The normalized spacial score (nSPS) is 20.4. The van der Waals surface area contributed by atoms with Gasteiger partial charge in [0.1, 0.15) is 18.1 Å². The first-order chi connectivity index (χ1) is 19.4. The van der Waals surface area contributed by atoms with Gasteiger partial charge in [0.25, 0.3) is 0 Å². The van der Waals surface area contributed by atoms with Crippen molar-refractivity contribution in [3.05, 3.63) is 101 Å². The Bertz CT molecular complexity index is 1460. The molecule has 0 spiro atoms. The highest BCUT2D eigenvalue weighted by Gasteiger charge is 2.46. The van der Waals surface area contributed by atoms with Crippen LogP contribution in [0.15, 0.2) is 89.1 Å². The molecule has 1 aliphatic carbocycles. The van der Waals surface area contributed by atoms with Crippen LogP contribution < -0.4 is 9.47 Å². The van der Waals surface area contributed by atoms with Gasteiger partial charge in [0, 0.05) is 23.7 Å². The second-order valence-corrected chi connectivity index (χ2v) is 10.1. The number of allylic oxidation sites excluding steroid dienone is 1. The molecule has 3 aromatic rings. The smallest absolute Gasteiger partial charge is 0.336 e. The number of hydrogen-bond acceptors (Lipinski definition) is 7. The number of phenols is 1. The largest absolute Gasteiger partial charge is 0.504 e. The number of phenolic OH excluding ortho intramolecular Hbond substituents is 1. The number of carbonyl (C=O) groups is 2. The van der Waals surface area contributed by atoms with Gasteiger partial charge < -0.3 is 19.3 Å². The van der Waals surface area contributed by atoms with E-state index in [1.54, 1.807) is 32.2 Å². The molecule has 2 aliphatic rings. The lowest BCUT2D eigenvalue weighted by Crippen LogP contribution is -2.41. The monoisotopic (exact) mass is 539 g/mol. The summed E-state index contributed by atoms with van der Waals surface area (Å²) in [4.78, 5) is 32.4. The van der Waals surface area contributed by atoms with Gasteiger partial charge in [0.2, 0.25) is 0 Å². The summed E-state index contributed by atoms with van der Waals surface area (Å²) in [5.74, 6) is -0.679. The van der Waals surface area contributed by atoms with E-state index in [2.05, 4.69) is 0 Å². The van der Waals surface area contributed by atoms with Crippen molar-refractivity contribution in [3.8, 4) is 17.2 Å². The molecule has 1 fully saturated rings. The van der Waals surface area contributed by atoms with E-state index >= 15 is 0 Å². The minimum atomic E-state index is -0.614. The number of hydrogen-bond donors (Lipinski definition) is 1. The van der Waals surface area contributed by atoms with E-state index in [0.717, 1.165) is 22.6 Å². The molecule has 1 aliphatic heterocycles. The van der Waals surface area contributed by atoms with Crippen molar-refractivity contribution >= 4 is 17.5 Å². The first kappa shape index (κ1) is 27.2. The maximum absolute atomic E-state index is 13.9. The Balaban J connectivity index is 1.53. The lowest BCUT2D eigenvalue weighted by Gasteiger charge is -2.38. The number of rotatable bonds is 8. The number of aliphatic imine (C=N–C) groups is 1. The van der Waals surface area contributed by atoms with Crippen molar-refractivity contribution in [1.29, 1.82) is 0 Å². The van der Waals surface area contributed by atoms with Crippen molar-refractivity contribution in [2.24, 2.45) is 10.9 Å². The Hall–Kier alpha value is -4.39.